The van der Waals surface area contributed by atoms with E-state index in [0.29, 0.717) is 19.1 Å². The molecule has 0 amide bonds. The summed E-state index contributed by atoms with van der Waals surface area (Å²) in [4.78, 5) is 11.0. The van der Waals surface area contributed by atoms with Crippen LogP contribution in [0, 0.1) is 0 Å². The minimum Gasteiger partial charge on any atom is -0.493 e. The third kappa shape index (κ3) is 4.73. The van der Waals surface area contributed by atoms with Gasteiger partial charge >= 0.3 is 0 Å². The van der Waals surface area contributed by atoms with Crippen molar-refractivity contribution in [2.75, 3.05) is 51.4 Å². The van der Waals surface area contributed by atoms with Gasteiger partial charge in [-0.15, -0.1) is 0 Å². The Kier molecular flexibility index (Phi) is 6.28. The van der Waals surface area contributed by atoms with Gasteiger partial charge in [-0.05, 0) is 12.1 Å². The first-order valence-electron chi connectivity index (χ1n) is 8.54. The second-order valence-electron chi connectivity index (χ2n) is 5.62. The highest BCUT2D eigenvalue weighted by atomic mass is 16.5. The van der Waals surface area contributed by atoms with E-state index >= 15 is 0 Å². The second-order valence-corrected chi connectivity index (χ2v) is 5.62. The first-order valence-corrected chi connectivity index (χ1v) is 8.54. The fraction of sp³-hybridized carbons (Fsp3) is 0.444. The van der Waals surface area contributed by atoms with Gasteiger partial charge in [-0.2, -0.15) is 0 Å². The Labute approximate surface area is 147 Å². The largest absolute Gasteiger partial charge is 0.493 e. The molecular weight excluding hydrogens is 320 g/mol. The third-order valence-electron chi connectivity index (χ3n) is 3.92. The number of hydrogen-bond acceptors (Lipinski definition) is 7. The summed E-state index contributed by atoms with van der Waals surface area (Å²) >= 11 is 0. The fourth-order valence-corrected chi connectivity index (χ4v) is 2.66. The topological polar surface area (TPSA) is 68.7 Å². The van der Waals surface area contributed by atoms with Gasteiger partial charge in [0, 0.05) is 45.0 Å². The van der Waals surface area contributed by atoms with Crippen LogP contribution < -0.4 is 24.4 Å². The molecule has 2 aromatic rings. The zero-order valence-corrected chi connectivity index (χ0v) is 14.5. The number of ether oxygens (including phenoxy) is 3. The molecule has 0 aliphatic carbocycles. The number of para-hydroxylation sites is 2. The minimum absolute atomic E-state index is 0.521. The summed E-state index contributed by atoms with van der Waals surface area (Å²) in [5.74, 6) is 2.88. The molecule has 0 spiro atoms. The molecule has 1 aromatic carbocycles. The van der Waals surface area contributed by atoms with Crippen LogP contribution in [0.2, 0.25) is 0 Å². The molecule has 0 atom stereocenters. The predicted octanol–water partition coefficient (Wildman–Crippen LogP) is 1.74. The van der Waals surface area contributed by atoms with Crippen LogP contribution in [0.15, 0.2) is 36.7 Å². The summed E-state index contributed by atoms with van der Waals surface area (Å²) in [6.07, 6.45) is 4.11. The normalized spacial score (nSPS) is 14.2. The summed E-state index contributed by atoms with van der Waals surface area (Å²) in [5, 5.41) is 3.33. The van der Waals surface area contributed by atoms with Gasteiger partial charge in [-0.25, -0.2) is 9.97 Å². The van der Waals surface area contributed by atoms with Crippen molar-refractivity contribution in [3.63, 3.8) is 0 Å². The standard InChI is InChI=1S/C18H24N4O3/c1-23-15-5-2-3-6-16(15)24-13-4-14-25-18-17(20-7-8-21-18)22-11-9-19-10-12-22/h2-3,5-8,19H,4,9-14H2,1H3. The van der Waals surface area contributed by atoms with Gasteiger partial charge in [0.2, 0.25) is 0 Å². The number of nitrogens with one attached hydrogen (secondary N) is 1. The van der Waals surface area contributed by atoms with Gasteiger partial charge in [0.15, 0.2) is 17.3 Å². The molecule has 2 heterocycles. The summed E-state index contributed by atoms with van der Waals surface area (Å²) in [6, 6.07) is 7.62. The van der Waals surface area contributed by atoms with Crippen LogP contribution in [0.4, 0.5) is 5.82 Å². The average Bonchev–Trinajstić information content (AvgIpc) is 2.69. The van der Waals surface area contributed by atoms with E-state index in [1.807, 2.05) is 24.3 Å². The molecule has 0 bridgehead atoms. The number of piperazine rings is 1. The maximum absolute atomic E-state index is 5.84. The van der Waals surface area contributed by atoms with Crippen molar-refractivity contribution in [3.05, 3.63) is 36.7 Å². The quantitative estimate of drug-likeness (QED) is 0.732. The number of rotatable bonds is 8. The van der Waals surface area contributed by atoms with Crippen LogP contribution in [-0.2, 0) is 0 Å². The predicted molar refractivity (Wildman–Crippen MR) is 95.7 cm³/mol. The lowest BCUT2D eigenvalue weighted by molar-refractivity contribution is 0.235. The van der Waals surface area contributed by atoms with E-state index in [9.17, 15) is 0 Å². The lowest BCUT2D eigenvalue weighted by Crippen LogP contribution is -2.44. The molecule has 1 N–H and O–H groups in total. The molecule has 1 saturated heterocycles. The van der Waals surface area contributed by atoms with Crippen molar-refractivity contribution in [2.45, 2.75) is 6.42 Å². The number of methoxy groups -OCH3 is 1. The van der Waals surface area contributed by atoms with Crippen LogP contribution >= 0.6 is 0 Å². The van der Waals surface area contributed by atoms with E-state index in [4.69, 9.17) is 14.2 Å². The molecule has 3 rings (SSSR count). The van der Waals surface area contributed by atoms with Crippen LogP contribution in [-0.4, -0.2) is 56.5 Å². The Hall–Kier alpha value is -2.54. The van der Waals surface area contributed by atoms with Crippen LogP contribution in [0.5, 0.6) is 17.4 Å². The van der Waals surface area contributed by atoms with Gasteiger partial charge < -0.3 is 24.4 Å². The summed E-state index contributed by atoms with van der Waals surface area (Å²) in [6.45, 7) is 4.78. The van der Waals surface area contributed by atoms with Crippen molar-refractivity contribution in [2.24, 2.45) is 0 Å². The molecule has 25 heavy (non-hydrogen) atoms. The van der Waals surface area contributed by atoms with E-state index in [-0.39, 0.29) is 0 Å². The number of anilines is 1. The van der Waals surface area contributed by atoms with Crippen molar-refractivity contribution in [3.8, 4) is 17.4 Å². The van der Waals surface area contributed by atoms with Gasteiger partial charge in [0.05, 0.1) is 20.3 Å². The molecule has 134 valence electrons. The highest BCUT2D eigenvalue weighted by Crippen LogP contribution is 2.26. The van der Waals surface area contributed by atoms with Crippen molar-refractivity contribution < 1.29 is 14.2 Å². The number of benzene rings is 1. The van der Waals surface area contributed by atoms with E-state index < -0.39 is 0 Å². The lowest BCUT2D eigenvalue weighted by atomic mass is 10.3. The van der Waals surface area contributed by atoms with Crippen LogP contribution in [0.25, 0.3) is 0 Å². The highest BCUT2D eigenvalue weighted by Gasteiger charge is 2.17. The summed E-state index contributed by atoms with van der Waals surface area (Å²) < 4.78 is 16.9. The second kappa shape index (κ2) is 9.08. The lowest BCUT2D eigenvalue weighted by Gasteiger charge is -2.28. The van der Waals surface area contributed by atoms with Crippen molar-refractivity contribution >= 4 is 5.82 Å². The van der Waals surface area contributed by atoms with E-state index in [2.05, 4.69) is 20.2 Å². The Balaban J connectivity index is 1.47. The number of nitrogens with zero attached hydrogens (tertiary/aromatic N) is 3. The summed E-state index contributed by atoms with van der Waals surface area (Å²) in [7, 11) is 1.64. The van der Waals surface area contributed by atoms with Gasteiger partial charge in [-0.1, -0.05) is 12.1 Å². The number of aromatic nitrogens is 2. The minimum atomic E-state index is 0.521. The SMILES string of the molecule is COc1ccccc1OCCCOc1nccnc1N1CCNCC1. The Morgan fingerprint density at radius 2 is 1.72 bits per heavy atom. The van der Waals surface area contributed by atoms with Gasteiger partial charge in [-0.3, -0.25) is 0 Å². The first kappa shape index (κ1) is 17.3. The molecule has 0 saturated carbocycles. The zero-order valence-electron chi connectivity index (χ0n) is 14.5. The first-order chi connectivity index (χ1) is 12.4. The van der Waals surface area contributed by atoms with Gasteiger partial charge in [0.25, 0.3) is 5.88 Å². The van der Waals surface area contributed by atoms with Crippen molar-refractivity contribution in [1.82, 2.24) is 15.3 Å². The smallest absolute Gasteiger partial charge is 0.257 e. The Morgan fingerprint density at radius 3 is 2.52 bits per heavy atom. The van der Waals surface area contributed by atoms with E-state index in [1.54, 1.807) is 19.5 Å². The molecule has 7 nitrogen and oxygen atoms in total. The Bertz CT molecular complexity index is 662. The molecule has 1 fully saturated rings. The molecule has 1 aromatic heterocycles. The van der Waals surface area contributed by atoms with E-state index in [1.165, 1.54) is 0 Å². The molecule has 0 unspecified atom stereocenters. The molecular formula is C18H24N4O3. The molecule has 1 aliphatic rings. The highest BCUT2D eigenvalue weighted by molar-refractivity contribution is 5.48. The monoisotopic (exact) mass is 344 g/mol. The maximum Gasteiger partial charge on any atom is 0.257 e. The van der Waals surface area contributed by atoms with Gasteiger partial charge in [0.1, 0.15) is 0 Å². The zero-order chi connectivity index (χ0) is 17.3. The van der Waals surface area contributed by atoms with E-state index in [0.717, 1.165) is 49.9 Å². The van der Waals surface area contributed by atoms with Crippen LogP contribution in [0.1, 0.15) is 6.42 Å². The Morgan fingerprint density at radius 1 is 1.00 bits per heavy atom. The fourth-order valence-electron chi connectivity index (χ4n) is 2.66. The molecule has 7 heteroatoms. The maximum atomic E-state index is 5.84. The van der Waals surface area contributed by atoms with Crippen LogP contribution in [0.3, 0.4) is 0 Å². The third-order valence-corrected chi connectivity index (χ3v) is 3.92. The average molecular weight is 344 g/mol. The summed E-state index contributed by atoms with van der Waals surface area (Å²) in [5.41, 5.74) is 0. The number of hydrogen-bond donors (Lipinski definition) is 1. The van der Waals surface area contributed by atoms with Crippen molar-refractivity contribution in [1.29, 1.82) is 0 Å². The molecule has 0 radical (unpaired) electrons. The molecule has 1 aliphatic heterocycles.